The molecule has 0 fully saturated rings. The smallest absolute Gasteiger partial charge is 0.0319 e. The minimum absolute atomic E-state index is 0. The third-order valence-corrected chi connectivity index (χ3v) is 0.632. The van der Waals surface area contributed by atoms with Gasteiger partial charge in [0.1, 0.15) is 0 Å². The summed E-state index contributed by atoms with van der Waals surface area (Å²) in [6.45, 7) is 5.92. The van der Waals surface area contributed by atoms with Crippen LogP contribution in [0, 0.1) is 0 Å². The molecule has 0 heterocycles. The molecule has 5 heteroatoms. The molecule has 0 saturated heterocycles. The van der Waals surface area contributed by atoms with E-state index in [2.05, 4.69) is 10.6 Å². The van der Waals surface area contributed by atoms with Crippen molar-refractivity contribution >= 4 is 0 Å². The molecule has 0 aromatic carbocycles. The van der Waals surface area contributed by atoms with E-state index in [0.29, 0.717) is 0 Å². The topological polar surface area (TPSA) is 68.7 Å². The Morgan fingerprint density at radius 1 is 0.769 bits per heavy atom. The van der Waals surface area contributed by atoms with Crippen molar-refractivity contribution in [3.05, 3.63) is 10.6 Å². The monoisotopic (exact) mass is 360 g/mol. The summed E-state index contributed by atoms with van der Waals surface area (Å²) < 4.78 is 0. The van der Waals surface area contributed by atoms with Crippen LogP contribution in [0.15, 0.2) is 0 Å². The van der Waals surface area contributed by atoms with E-state index in [1.54, 1.807) is 14.1 Å². The zero-order chi connectivity index (χ0) is 10.8. The van der Waals surface area contributed by atoms with E-state index >= 15 is 0 Å². The molecule has 0 amide bonds. The second-order valence-electron chi connectivity index (χ2n) is 1.26. The van der Waals surface area contributed by atoms with Crippen LogP contribution in [0.1, 0.15) is 13.8 Å². The Kier molecular flexibility index (Phi) is 176. The van der Waals surface area contributed by atoms with Gasteiger partial charge in [0.25, 0.3) is 0 Å². The summed E-state index contributed by atoms with van der Waals surface area (Å²) in [6.07, 6.45) is 0. The molecule has 0 radical (unpaired) electrons. The average molecular weight is 359 g/mol. The van der Waals surface area contributed by atoms with Gasteiger partial charge in [-0.25, -0.2) is 0 Å². The van der Waals surface area contributed by atoms with E-state index in [1.807, 2.05) is 13.8 Å². The number of nitrogens with zero attached hydrogens (tertiary/aromatic N) is 2. The van der Waals surface area contributed by atoms with Crippen LogP contribution in [0.2, 0.25) is 0 Å². The van der Waals surface area contributed by atoms with E-state index in [0.717, 1.165) is 27.3 Å². The number of hydrogen-bond donors (Lipinski definition) is 2. The first-order valence-corrected chi connectivity index (χ1v) is 3.84. The van der Waals surface area contributed by atoms with Crippen LogP contribution in [0.3, 0.4) is 0 Å². The van der Waals surface area contributed by atoms with Crippen LogP contribution in [0.4, 0.5) is 0 Å². The van der Waals surface area contributed by atoms with Gasteiger partial charge >= 0.3 is 0 Å². The number of rotatable bonds is 2. The van der Waals surface area contributed by atoms with Crippen LogP contribution in [-0.2, 0) is 25.8 Å². The van der Waals surface area contributed by atoms with Crippen LogP contribution >= 0.6 is 0 Å². The molecule has 13 heavy (non-hydrogen) atoms. The Balaban J connectivity index is -0.0000000226. The Morgan fingerprint density at radius 2 is 0.846 bits per heavy atom. The molecule has 0 saturated carbocycles. The summed E-state index contributed by atoms with van der Waals surface area (Å²) in [4.78, 5) is 0. The molecule has 0 rings (SSSR count). The van der Waals surface area contributed by atoms with Gasteiger partial charge in [0, 0.05) is 40.1 Å². The fourth-order valence-electron chi connectivity index (χ4n) is 0. The molecular weight excluding hydrogens is 335 g/mol. The second kappa shape index (κ2) is 78.6. The quantitative estimate of drug-likeness (QED) is 0.729. The van der Waals surface area contributed by atoms with Crippen molar-refractivity contribution < 1.29 is 36.1 Å². The van der Waals surface area contributed by atoms with Gasteiger partial charge in [0.05, 0.1) is 0 Å². The largest absolute Gasteiger partial charge is 0.665 e. The molecular formula is C8H24HfN2O2-2. The molecule has 0 aromatic heterocycles. The van der Waals surface area contributed by atoms with Crippen molar-refractivity contribution in [3.8, 4) is 0 Å². The van der Waals surface area contributed by atoms with Gasteiger partial charge < -0.3 is 20.8 Å². The van der Waals surface area contributed by atoms with Gasteiger partial charge in [0.15, 0.2) is 0 Å². The summed E-state index contributed by atoms with van der Waals surface area (Å²) in [5.74, 6) is 0. The van der Waals surface area contributed by atoms with Crippen molar-refractivity contribution in [1.29, 1.82) is 0 Å². The number of aliphatic hydroxyl groups is 2. The second-order valence-corrected chi connectivity index (χ2v) is 1.26. The van der Waals surface area contributed by atoms with E-state index in [9.17, 15) is 0 Å². The predicted octanol–water partition coefficient (Wildman–Crippen LogP) is 1.23. The molecule has 0 aliphatic rings. The van der Waals surface area contributed by atoms with E-state index in [1.165, 1.54) is 0 Å². The average Bonchev–Trinajstić information content (AvgIpc) is 2.23. The molecule has 0 aromatic rings. The molecule has 4 nitrogen and oxygen atoms in total. The summed E-state index contributed by atoms with van der Waals surface area (Å²) in [5, 5.41) is 21.5. The zero-order valence-electron chi connectivity index (χ0n) is 9.70. The first-order chi connectivity index (χ1) is 5.83. The fraction of sp³-hybridized carbons (Fsp3) is 1.00. The standard InChI is InChI=1S/2C3H8N.2CH4O.Hf/c2*1-3-4-2;2*1-2;/h2*3H2,1-2H3;2*2H,1H3;/q2*-1;;;. The first kappa shape index (κ1) is 29.2. The molecule has 0 atom stereocenters. The van der Waals surface area contributed by atoms with E-state index in [4.69, 9.17) is 10.2 Å². The third kappa shape index (κ3) is 198. The van der Waals surface area contributed by atoms with Crippen molar-refractivity contribution in [3.63, 3.8) is 0 Å². The maximum atomic E-state index is 7.00. The number of hydrogen-bond acceptors (Lipinski definition) is 2. The summed E-state index contributed by atoms with van der Waals surface area (Å²) in [7, 11) is 5.61. The Labute approximate surface area is 102 Å². The van der Waals surface area contributed by atoms with Gasteiger partial charge in [-0.1, -0.05) is 13.8 Å². The van der Waals surface area contributed by atoms with Crippen molar-refractivity contribution in [2.45, 2.75) is 13.8 Å². The Hall–Kier alpha value is 0.710. The van der Waals surface area contributed by atoms with Gasteiger partial charge in [-0.15, -0.1) is 0 Å². The molecule has 0 aliphatic carbocycles. The van der Waals surface area contributed by atoms with Gasteiger partial charge in [-0.3, -0.25) is 0 Å². The van der Waals surface area contributed by atoms with Crippen LogP contribution in [0.25, 0.3) is 10.6 Å². The molecule has 0 spiro atoms. The van der Waals surface area contributed by atoms with Gasteiger partial charge in [-0.2, -0.15) is 27.2 Å². The van der Waals surface area contributed by atoms with Gasteiger partial charge in [-0.05, 0) is 0 Å². The van der Waals surface area contributed by atoms with Crippen molar-refractivity contribution in [2.75, 3.05) is 41.4 Å². The van der Waals surface area contributed by atoms with Crippen LogP contribution in [-0.4, -0.2) is 51.6 Å². The minimum atomic E-state index is 0. The maximum Gasteiger partial charge on any atom is 0.0319 e. The fourth-order valence-corrected chi connectivity index (χ4v) is 0. The summed E-state index contributed by atoms with van der Waals surface area (Å²) in [6, 6.07) is 0. The minimum Gasteiger partial charge on any atom is -0.665 e. The zero-order valence-corrected chi connectivity index (χ0v) is 13.3. The Morgan fingerprint density at radius 3 is 0.846 bits per heavy atom. The van der Waals surface area contributed by atoms with E-state index in [-0.39, 0.29) is 25.8 Å². The predicted molar refractivity (Wildman–Crippen MR) is 55.9 cm³/mol. The molecule has 0 unspecified atom stereocenters. The maximum absolute atomic E-state index is 7.00. The van der Waals surface area contributed by atoms with Crippen molar-refractivity contribution in [2.24, 2.45) is 0 Å². The molecule has 0 bridgehead atoms. The Bertz CT molecular complexity index is 28.1. The van der Waals surface area contributed by atoms with Gasteiger partial charge in [0.2, 0.25) is 0 Å². The molecule has 0 aliphatic heterocycles. The first-order valence-electron chi connectivity index (χ1n) is 3.84. The molecule has 84 valence electrons. The van der Waals surface area contributed by atoms with Crippen LogP contribution < -0.4 is 0 Å². The van der Waals surface area contributed by atoms with E-state index < -0.39 is 0 Å². The van der Waals surface area contributed by atoms with Crippen LogP contribution in [0.5, 0.6) is 0 Å². The van der Waals surface area contributed by atoms with Crippen molar-refractivity contribution in [1.82, 2.24) is 0 Å². The summed E-state index contributed by atoms with van der Waals surface area (Å²) in [5.41, 5.74) is 0. The third-order valence-electron chi connectivity index (χ3n) is 0.632. The summed E-state index contributed by atoms with van der Waals surface area (Å²) >= 11 is 0. The SMILES string of the molecule is CC[N-]C.CC[N-]C.CO.CO.[Hf]. The molecule has 2 N–H and O–H groups in total. The number of aliphatic hydroxyl groups excluding tert-OH is 2. The normalized spacial score (nSPS) is 5.54.